The molecular formula is C15H18ClN3O4S. The number of nitrogens with one attached hydrogen (secondary N) is 1. The number of carbonyl (C=O) groups excluding carboxylic acids is 1. The number of hydrogen-bond acceptors (Lipinski definition) is 5. The van der Waals surface area contributed by atoms with Crippen molar-refractivity contribution >= 4 is 33.2 Å². The molecule has 1 N–H and O–H groups in total. The maximum Gasteiger partial charge on any atom is 0.283 e. The van der Waals surface area contributed by atoms with Gasteiger partial charge in [-0.05, 0) is 38.3 Å². The number of halogens is 1. The van der Waals surface area contributed by atoms with Crippen LogP contribution in [0.1, 0.15) is 33.1 Å². The molecule has 2 aromatic rings. The molecule has 2 unspecified atom stereocenters. The van der Waals surface area contributed by atoms with Crippen LogP contribution in [0.2, 0.25) is 5.15 Å². The Kier molecular flexibility index (Phi) is 4.31. The van der Waals surface area contributed by atoms with Gasteiger partial charge in [-0.2, -0.15) is 8.42 Å². The van der Waals surface area contributed by atoms with Gasteiger partial charge >= 0.3 is 0 Å². The minimum atomic E-state index is -4.17. The SMILES string of the molecule is CCC1(C)CCC(C(=O)NS(=O)(=O)c2c(Cl)nc3ccccn23)O1. The molecule has 2 aromatic heterocycles. The van der Waals surface area contributed by atoms with Crippen LogP contribution in [-0.4, -0.2) is 35.4 Å². The molecule has 1 amide bonds. The Labute approximate surface area is 145 Å². The quantitative estimate of drug-likeness (QED) is 0.889. The van der Waals surface area contributed by atoms with E-state index < -0.39 is 27.6 Å². The van der Waals surface area contributed by atoms with Crippen molar-refractivity contribution < 1.29 is 17.9 Å². The second-order valence-corrected chi connectivity index (χ2v) is 8.01. The summed E-state index contributed by atoms with van der Waals surface area (Å²) in [4.78, 5) is 16.3. The first-order chi connectivity index (χ1) is 11.3. The fourth-order valence-corrected chi connectivity index (χ4v) is 4.43. The highest BCUT2D eigenvalue weighted by molar-refractivity contribution is 7.90. The van der Waals surface area contributed by atoms with Gasteiger partial charge in [-0.15, -0.1) is 0 Å². The number of carbonyl (C=O) groups is 1. The molecule has 24 heavy (non-hydrogen) atoms. The minimum Gasteiger partial charge on any atom is -0.362 e. The molecule has 1 aliphatic heterocycles. The van der Waals surface area contributed by atoms with E-state index in [2.05, 4.69) is 9.71 Å². The van der Waals surface area contributed by atoms with Gasteiger partial charge in [-0.25, -0.2) is 9.71 Å². The summed E-state index contributed by atoms with van der Waals surface area (Å²) in [5, 5.41) is -0.448. The fraction of sp³-hybridized carbons (Fsp3) is 0.467. The van der Waals surface area contributed by atoms with Gasteiger partial charge in [0.1, 0.15) is 11.8 Å². The normalized spacial score (nSPS) is 24.4. The molecule has 1 saturated heterocycles. The van der Waals surface area contributed by atoms with E-state index in [4.69, 9.17) is 16.3 Å². The zero-order valence-electron chi connectivity index (χ0n) is 13.3. The average Bonchev–Trinajstić information content (AvgIpc) is 3.07. The Bertz CT molecular complexity index is 895. The van der Waals surface area contributed by atoms with E-state index in [0.717, 1.165) is 6.42 Å². The van der Waals surface area contributed by atoms with Gasteiger partial charge in [0.05, 0.1) is 5.60 Å². The van der Waals surface area contributed by atoms with Crippen LogP contribution in [0.4, 0.5) is 0 Å². The predicted molar refractivity (Wildman–Crippen MR) is 88.3 cm³/mol. The van der Waals surface area contributed by atoms with Crippen molar-refractivity contribution in [3.05, 3.63) is 29.5 Å². The van der Waals surface area contributed by atoms with Crippen LogP contribution in [0.15, 0.2) is 29.4 Å². The number of ether oxygens (including phenoxy) is 1. The number of pyridine rings is 1. The number of nitrogens with zero attached hydrogens (tertiary/aromatic N) is 2. The summed E-state index contributed by atoms with van der Waals surface area (Å²) in [5.74, 6) is -0.686. The number of aromatic nitrogens is 2. The molecule has 0 saturated carbocycles. The number of fused-ring (bicyclic) bond motifs is 1. The molecule has 2 atom stereocenters. The van der Waals surface area contributed by atoms with E-state index in [1.54, 1.807) is 18.2 Å². The van der Waals surface area contributed by atoms with Gasteiger partial charge < -0.3 is 4.74 Å². The first-order valence-electron chi connectivity index (χ1n) is 7.63. The third-order valence-corrected chi connectivity index (χ3v) is 6.08. The van der Waals surface area contributed by atoms with Crippen LogP contribution in [0.3, 0.4) is 0 Å². The van der Waals surface area contributed by atoms with Crippen molar-refractivity contribution in [2.24, 2.45) is 0 Å². The van der Waals surface area contributed by atoms with Gasteiger partial charge in [0, 0.05) is 6.20 Å². The van der Waals surface area contributed by atoms with Gasteiger partial charge in [0.25, 0.3) is 15.9 Å². The van der Waals surface area contributed by atoms with E-state index in [-0.39, 0.29) is 10.2 Å². The van der Waals surface area contributed by atoms with Crippen molar-refractivity contribution in [1.29, 1.82) is 0 Å². The van der Waals surface area contributed by atoms with Gasteiger partial charge in [-0.1, -0.05) is 24.6 Å². The molecule has 0 aromatic carbocycles. The molecule has 0 bridgehead atoms. The molecule has 3 rings (SSSR count). The largest absolute Gasteiger partial charge is 0.362 e. The van der Waals surface area contributed by atoms with E-state index >= 15 is 0 Å². The minimum absolute atomic E-state index is 0.188. The average molecular weight is 372 g/mol. The zero-order valence-corrected chi connectivity index (χ0v) is 14.9. The summed E-state index contributed by atoms with van der Waals surface area (Å²) in [6, 6.07) is 4.99. The summed E-state index contributed by atoms with van der Waals surface area (Å²) in [7, 11) is -4.17. The number of rotatable bonds is 4. The Balaban J connectivity index is 1.86. The molecule has 3 heterocycles. The highest BCUT2D eigenvalue weighted by Gasteiger charge is 2.40. The molecule has 7 nitrogen and oxygen atoms in total. The second-order valence-electron chi connectivity index (χ2n) is 6.05. The van der Waals surface area contributed by atoms with Crippen molar-refractivity contribution in [3.8, 4) is 0 Å². The molecule has 1 fully saturated rings. The molecule has 0 radical (unpaired) electrons. The lowest BCUT2D eigenvalue weighted by Gasteiger charge is -2.22. The smallest absolute Gasteiger partial charge is 0.283 e. The Morgan fingerprint density at radius 1 is 1.54 bits per heavy atom. The zero-order chi connectivity index (χ0) is 17.5. The highest BCUT2D eigenvalue weighted by atomic mass is 35.5. The van der Waals surface area contributed by atoms with Crippen LogP contribution in [0.25, 0.3) is 5.65 Å². The standard InChI is InChI=1S/C15H18ClN3O4S/c1-3-15(2)8-7-10(23-15)13(20)18-24(21,22)14-12(16)17-11-6-4-5-9-19(11)14/h4-6,9-10H,3,7-8H2,1-2H3,(H,18,20). The number of sulfonamides is 1. The molecule has 1 aliphatic rings. The van der Waals surface area contributed by atoms with Crippen LogP contribution < -0.4 is 4.72 Å². The van der Waals surface area contributed by atoms with E-state index in [1.165, 1.54) is 10.6 Å². The molecule has 130 valence electrons. The van der Waals surface area contributed by atoms with E-state index in [9.17, 15) is 13.2 Å². The third kappa shape index (κ3) is 3.01. The summed E-state index contributed by atoms with van der Waals surface area (Å²) in [5.41, 5.74) is -0.0156. The Morgan fingerprint density at radius 2 is 2.29 bits per heavy atom. The maximum atomic E-state index is 12.6. The van der Waals surface area contributed by atoms with E-state index in [0.29, 0.717) is 18.5 Å². The molecular weight excluding hydrogens is 354 g/mol. The highest BCUT2D eigenvalue weighted by Crippen LogP contribution is 2.33. The number of hydrogen-bond donors (Lipinski definition) is 1. The summed E-state index contributed by atoms with van der Waals surface area (Å²) >= 11 is 5.97. The fourth-order valence-electron chi connectivity index (χ4n) is 2.77. The molecule has 0 spiro atoms. The third-order valence-electron chi connectivity index (χ3n) is 4.34. The predicted octanol–water partition coefficient (Wildman–Crippen LogP) is 2.14. The lowest BCUT2D eigenvalue weighted by Crippen LogP contribution is -2.40. The monoisotopic (exact) mass is 371 g/mol. The summed E-state index contributed by atoms with van der Waals surface area (Å²) < 4.78 is 34.3. The van der Waals surface area contributed by atoms with Crippen LogP contribution >= 0.6 is 11.6 Å². The first kappa shape index (κ1) is 17.2. The number of amides is 1. The number of imidazole rings is 1. The van der Waals surface area contributed by atoms with Crippen LogP contribution in [0, 0.1) is 0 Å². The van der Waals surface area contributed by atoms with E-state index in [1.807, 2.05) is 13.8 Å². The maximum absolute atomic E-state index is 12.6. The summed E-state index contributed by atoms with van der Waals surface area (Å²) in [6.45, 7) is 3.88. The molecule has 9 heteroatoms. The molecule has 0 aliphatic carbocycles. The Morgan fingerprint density at radius 3 is 2.96 bits per heavy atom. The van der Waals surface area contributed by atoms with Crippen molar-refractivity contribution in [2.45, 2.75) is 49.8 Å². The van der Waals surface area contributed by atoms with Crippen LogP contribution in [0.5, 0.6) is 0 Å². The van der Waals surface area contributed by atoms with Crippen molar-refractivity contribution in [2.75, 3.05) is 0 Å². The van der Waals surface area contributed by atoms with Gasteiger partial charge in [0.15, 0.2) is 10.2 Å². The summed E-state index contributed by atoms with van der Waals surface area (Å²) in [6.07, 6.45) is 2.67. The second kappa shape index (κ2) is 6.02. The van der Waals surface area contributed by atoms with Gasteiger partial charge in [-0.3, -0.25) is 9.20 Å². The van der Waals surface area contributed by atoms with Gasteiger partial charge in [0.2, 0.25) is 0 Å². The van der Waals surface area contributed by atoms with Crippen molar-refractivity contribution in [3.63, 3.8) is 0 Å². The Hall–Kier alpha value is -1.64. The van der Waals surface area contributed by atoms with Crippen molar-refractivity contribution in [1.82, 2.24) is 14.1 Å². The lowest BCUT2D eigenvalue weighted by molar-refractivity contribution is -0.134. The van der Waals surface area contributed by atoms with Crippen LogP contribution in [-0.2, 0) is 19.6 Å². The lowest BCUT2D eigenvalue weighted by atomic mass is 9.99. The topological polar surface area (TPSA) is 89.8 Å². The first-order valence-corrected chi connectivity index (χ1v) is 9.49.